The van der Waals surface area contributed by atoms with Crippen LogP contribution in [0.5, 0.6) is 5.75 Å². The molecule has 124 valence electrons. The molecule has 0 saturated carbocycles. The third-order valence-corrected chi connectivity index (χ3v) is 3.97. The normalized spacial score (nSPS) is 15.7. The van der Waals surface area contributed by atoms with Crippen LogP contribution < -0.4 is 4.74 Å². The molecule has 0 spiro atoms. The smallest absolute Gasteiger partial charge is 0.309 e. The Hall–Kier alpha value is -2.30. The predicted molar refractivity (Wildman–Crippen MR) is 88.0 cm³/mol. The third-order valence-electron chi connectivity index (χ3n) is 3.97. The van der Waals surface area contributed by atoms with Crippen LogP contribution in [0.2, 0.25) is 0 Å². The van der Waals surface area contributed by atoms with Gasteiger partial charge in [-0.05, 0) is 31.9 Å². The van der Waals surface area contributed by atoms with E-state index in [9.17, 15) is 9.59 Å². The van der Waals surface area contributed by atoms with Gasteiger partial charge in [0, 0.05) is 24.7 Å². The maximum atomic E-state index is 12.3. The van der Waals surface area contributed by atoms with Crippen LogP contribution >= 0.6 is 0 Å². The van der Waals surface area contributed by atoms with E-state index in [2.05, 4.69) is 0 Å². The van der Waals surface area contributed by atoms with E-state index in [1.165, 1.54) is 0 Å². The standard InChI is InChI=1S/C18H23NO4/c1-3-23-18(21)15-10-12-19(13-11-15)17(20)9-8-14-6-4-5-7-16(14)22-2/h4-9,15H,3,10-13H2,1-2H3/b9-8+. The molecule has 0 radical (unpaired) electrons. The number of hydrogen-bond donors (Lipinski definition) is 0. The van der Waals surface area contributed by atoms with Crippen LogP contribution in [0.4, 0.5) is 0 Å². The van der Waals surface area contributed by atoms with Gasteiger partial charge in [-0.2, -0.15) is 0 Å². The largest absolute Gasteiger partial charge is 0.496 e. The van der Waals surface area contributed by atoms with Gasteiger partial charge in [-0.25, -0.2) is 0 Å². The summed E-state index contributed by atoms with van der Waals surface area (Å²) in [6.45, 7) is 3.37. The Labute approximate surface area is 136 Å². The van der Waals surface area contributed by atoms with Gasteiger partial charge in [0.05, 0.1) is 19.6 Å². The lowest BCUT2D eigenvalue weighted by molar-refractivity contribution is -0.150. The summed E-state index contributed by atoms with van der Waals surface area (Å²) < 4.78 is 10.3. The number of carbonyl (C=O) groups excluding carboxylic acids is 2. The third kappa shape index (κ3) is 4.58. The maximum absolute atomic E-state index is 12.3. The Morgan fingerprint density at radius 3 is 2.61 bits per heavy atom. The number of amides is 1. The van der Waals surface area contributed by atoms with E-state index in [1.54, 1.807) is 31.1 Å². The molecule has 5 heteroatoms. The summed E-state index contributed by atoms with van der Waals surface area (Å²) in [7, 11) is 1.61. The van der Waals surface area contributed by atoms with Gasteiger partial charge in [-0.1, -0.05) is 18.2 Å². The van der Waals surface area contributed by atoms with Crippen LogP contribution in [-0.2, 0) is 14.3 Å². The van der Waals surface area contributed by atoms with Crippen LogP contribution in [0, 0.1) is 5.92 Å². The quantitative estimate of drug-likeness (QED) is 0.618. The molecule has 1 aliphatic rings. The van der Waals surface area contributed by atoms with Crippen molar-refractivity contribution in [2.45, 2.75) is 19.8 Å². The lowest BCUT2D eigenvalue weighted by Crippen LogP contribution is -2.39. The minimum absolute atomic E-state index is 0.0433. The minimum atomic E-state index is -0.149. The Morgan fingerprint density at radius 1 is 1.26 bits per heavy atom. The van der Waals surface area contributed by atoms with Crippen LogP contribution in [0.25, 0.3) is 6.08 Å². The second-order valence-electron chi connectivity index (χ2n) is 5.43. The van der Waals surface area contributed by atoms with Crippen molar-refractivity contribution in [1.82, 2.24) is 4.90 Å². The topological polar surface area (TPSA) is 55.8 Å². The van der Waals surface area contributed by atoms with Crippen molar-refractivity contribution in [3.05, 3.63) is 35.9 Å². The number of hydrogen-bond acceptors (Lipinski definition) is 4. The van der Waals surface area contributed by atoms with Crippen LogP contribution in [0.1, 0.15) is 25.3 Å². The Bertz CT molecular complexity index is 574. The van der Waals surface area contributed by atoms with Crippen LogP contribution in [-0.4, -0.2) is 43.6 Å². The molecule has 2 rings (SSSR count). The monoisotopic (exact) mass is 317 g/mol. The second-order valence-corrected chi connectivity index (χ2v) is 5.43. The first kappa shape index (κ1) is 17.1. The van der Waals surface area contributed by atoms with Crippen molar-refractivity contribution < 1.29 is 19.1 Å². The highest BCUT2D eigenvalue weighted by Crippen LogP contribution is 2.21. The lowest BCUT2D eigenvalue weighted by atomic mass is 9.97. The van der Waals surface area contributed by atoms with Gasteiger partial charge >= 0.3 is 5.97 Å². The SMILES string of the molecule is CCOC(=O)C1CCN(C(=O)/C=C/c2ccccc2OC)CC1. The minimum Gasteiger partial charge on any atom is -0.496 e. The van der Waals surface area contributed by atoms with Crippen LogP contribution in [0.3, 0.4) is 0 Å². The molecule has 1 amide bonds. The number of ether oxygens (including phenoxy) is 2. The van der Waals surface area contributed by atoms with Gasteiger partial charge in [0.2, 0.25) is 5.91 Å². The predicted octanol–water partition coefficient (Wildman–Crippen LogP) is 2.51. The number of nitrogens with zero attached hydrogens (tertiary/aromatic N) is 1. The van der Waals surface area contributed by atoms with Gasteiger partial charge in [0.25, 0.3) is 0 Å². The van der Waals surface area contributed by atoms with Crippen molar-refractivity contribution >= 4 is 18.0 Å². The van der Waals surface area contributed by atoms with Crippen molar-refractivity contribution in [2.75, 3.05) is 26.8 Å². The average molecular weight is 317 g/mol. The Kier molecular flexibility index (Phi) is 6.20. The molecular weight excluding hydrogens is 294 g/mol. The highest BCUT2D eigenvalue weighted by atomic mass is 16.5. The summed E-state index contributed by atoms with van der Waals surface area (Å²) in [5.74, 6) is 0.456. The van der Waals surface area contributed by atoms with E-state index >= 15 is 0 Å². The zero-order valence-corrected chi connectivity index (χ0v) is 13.7. The summed E-state index contributed by atoms with van der Waals surface area (Å²) in [4.78, 5) is 25.7. The van der Waals surface area contributed by atoms with Gasteiger partial charge in [0.15, 0.2) is 0 Å². The number of carbonyl (C=O) groups is 2. The number of para-hydroxylation sites is 1. The van der Waals surface area contributed by atoms with Gasteiger partial charge in [-0.15, -0.1) is 0 Å². The Balaban J connectivity index is 1.90. The van der Waals surface area contributed by atoms with Gasteiger partial charge in [0.1, 0.15) is 5.75 Å². The second kappa shape index (κ2) is 8.36. The molecule has 1 aliphatic heterocycles. The molecule has 1 saturated heterocycles. The number of benzene rings is 1. The number of methoxy groups -OCH3 is 1. The molecule has 0 aromatic heterocycles. The number of esters is 1. The fourth-order valence-electron chi connectivity index (χ4n) is 2.67. The van der Waals surface area contributed by atoms with E-state index in [1.807, 2.05) is 24.3 Å². The molecule has 0 aliphatic carbocycles. The Morgan fingerprint density at radius 2 is 1.96 bits per heavy atom. The van der Waals surface area contributed by atoms with Crippen molar-refractivity contribution in [1.29, 1.82) is 0 Å². The van der Waals surface area contributed by atoms with Crippen molar-refractivity contribution in [3.63, 3.8) is 0 Å². The summed E-state index contributed by atoms with van der Waals surface area (Å²) in [5, 5.41) is 0. The highest BCUT2D eigenvalue weighted by molar-refractivity contribution is 5.92. The summed E-state index contributed by atoms with van der Waals surface area (Å²) in [6, 6.07) is 7.54. The fraction of sp³-hybridized carbons (Fsp3) is 0.444. The number of rotatable bonds is 5. The molecule has 1 aromatic rings. The first-order valence-electron chi connectivity index (χ1n) is 7.92. The molecule has 5 nitrogen and oxygen atoms in total. The zero-order chi connectivity index (χ0) is 16.7. The zero-order valence-electron chi connectivity index (χ0n) is 13.7. The van der Waals surface area contributed by atoms with E-state index in [0.717, 1.165) is 11.3 Å². The van der Waals surface area contributed by atoms with E-state index < -0.39 is 0 Å². The van der Waals surface area contributed by atoms with E-state index in [4.69, 9.17) is 9.47 Å². The van der Waals surface area contributed by atoms with Gasteiger partial charge in [-0.3, -0.25) is 9.59 Å². The number of likely N-dealkylation sites (tertiary alicyclic amines) is 1. The van der Waals surface area contributed by atoms with Crippen molar-refractivity contribution in [2.24, 2.45) is 5.92 Å². The maximum Gasteiger partial charge on any atom is 0.309 e. The van der Waals surface area contributed by atoms with Gasteiger partial charge < -0.3 is 14.4 Å². The summed E-state index contributed by atoms with van der Waals surface area (Å²) in [6.07, 6.45) is 4.64. The van der Waals surface area contributed by atoms with Crippen LogP contribution in [0.15, 0.2) is 30.3 Å². The highest BCUT2D eigenvalue weighted by Gasteiger charge is 2.27. The summed E-state index contributed by atoms with van der Waals surface area (Å²) in [5.41, 5.74) is 0.866. The average Bonchev–Trinajstić information content (AvgIpc) is 2.60. The molecule has 0 N–H and O–H groups in total. The molecule has 0 atom stereocenters. The lowest BCUT2D eigenvalue weighted by Gasteiger charge is -2.30. The molecule has 1 fully saturated rings. The van der Waals surface area contributed by atoms with E-state index in [0.29, 0.717) is 32.5 Å². The first-order valence-corrected chi connectivity index (χ1v) is 7.92. The molecular formula is C18H23NO4. The fourth-order valence-corrected chi connectivity index (χ4v) is 2.67. The molecule has 0 bridgehead atoms. The molecule has 0 unspecified atom stereocenters. The first-order chi connectivity index (χ1) is 11.2. The summed E-state index contributed by atoms with van der Waals surface area (Å²) >= 11 is 0. The van der Waals surface area contributed by atoms with Crippen molar-refractivity contribution in [3.8, 4) is 5.75 Å². The molecule has 1 heterocycles. The van der Waals surface area contributed by atoms with E-state index in [-0.39, 0.29) is 17.8 Å². The molecule has 1 aromatic carbocycles. The number of piperidine rings is 1. The molecule has 23 heavy (non-hydrogen) atoms.